The van der Waals surface area contributed by atoms with E-state index in [2.05, 4.69) is 21.8 Å². The fraction of sp³-hybridized carbons (Fsp3) is 0.480. The van der Waals surface area contributed by atoms with E-state index in [1.54, 1.807) is 18.7 Å². The summed E-state index contributed by atoms with van der Waals surface area (Å²) in [4.78, 5) is 29.1. The molecule has 0 aliphatic heterocycles. The van der Waals surface area contributed by atoms with Crippen molar-refractivity contribution in [1.29, 1.82) is 0 Å². The van der Waals surface area contributed by atoms with Gasteiger partial charge in [0.05, 0.1) is 23.3 Å². The lowest BCUT2D eigenvalue weighted by Gasteiger charge is -2.17. The molecular formula is C25H33N3O4S. The van der Waals surface area contributed by atoms with Crippen LogP contribution in [0.5, 0.6) is 5.75 Å². The van der Waals surface area contributed by atoms with E-state index in [0.717, 1.165) is 47.3 Å². The van der Waals surface area contributed by atoms with Crippen molar-refractivity contribution in [2.24, 2.45) is 0 Å². The SMILES string of the molecule is CCCCn1c2cc(OCC(=O)N[C@@H](CCSC)C(=O)OCC)ccc2c2ccnc(C)c21. The molecular weight excluding hydrogens is 438 g/mol. The van der Waals surface area contributed by atoms with Crippen molar-refractivity contribution in [2.75, 3.05) is 25.2 Å². The molecule has 2 heterocycles. The van der Waals surface area contributed by atoms with Crippen molar-refractivity contribution in [3.8, 4) is 5.75 Å². The zero-order valence-electron chi connectivity index (χ0n) is 19.8. The van der Waals surface area contributed by atoms with Gasteiger partial charge in [0.1, 0.15) is 11.8 Å². The van der Waals surface area contributed by atoms with Crippen molar-refractivity contribution in [3.63, 3.8) is 0 Å². The van der Waals surface area contributed by atoms with Crippen molar-refractivity contribution in [3.05, 3.63) is 36.2 Å². The zero-order chi connectivity index (χ0) is 23.8. The fourth-order valence-electron chi connectivity index (χ4n) is 3.95. The minimum atomic E-state index is -0.664. The van der Waals surface area contributed by atoms with Gasteiger partial charge in [-0.25, -0.2) is 4.79 Å². The molecule has 0 aliphatic carbocycles. The van der Waals surface area contributed by atoms with E-state index < -0.39 is 12.0 Å². The molecule has 33 heavy (non-hydrogen) atoms. The van der Waals surface area contributed by atoms with Gasteiger partial charge in [0, 0.05) is 29.6 Å². The third-order valence-corrected chi connectivity index (χ3v) is 6.19. The molecule has 1 amide bonds. The summed E-state index contributed by atoms with van der Waals surface area (Å²) in [6.45, 7) is 6.96. The number of esters is 1. The third kappa shape index (κ3) is 5.99. The first kappa shape index (κ1) is 24.9. The Bertz CT molecular complexity index is 1110. The van der Waals surface area contributed by atoms with E-state index in [0.29, 0.717) is 12.2 Å². The van der Waals surface area contributed by atoms with Gasteiger partial charge in [-0.1, -0.05) is 13.3 Å². The molecule has 1 aromatic carbocycles. The van der Waals surface area contributed by atoms with Gasteiger partial charge in [-0.05, 0) is 56.9 Å². The predicted molar refractivity (Wildman–Crippen MR) is 134 cm³/mol. The summed E-state index contributed by atoms with van der Waals surface area (Å²) < 4.78 is 13.2. The lowest BCUT2D eigenvalue weighted by molar-refractivity contribution is -0.147. The Balaban J connectivity index is 1.77. The van der Waals surface area contributed by atoms with Crippen LogP contribution < -0.4 is 10.1 Å². The number of unbranched alkanes of at least 4 members (excludes halogenated alkanes) is 1. The molecule has 8 heteroatoms. The van der Waals surface area contributed by atoms with Crippen molar-refractivity contribution < 1.29 is 19.1 Å². The molecule has 1 atom stereocenters. The summed E-state index contributed by atoms with van der Waals surface area (Å²) in [5.41, 5.74) is 3.20. The van der Waals surface area contributed by atoms with Gasteiger partial charge in [-0.3, -0.25) is 9.78 Å². The maximum atomic E-state index is 12.5. The van der Waals surface area contributed by atoms with Gasteiger partial charge in [-0.2, -0.15) is 11.8 Å². The van der Waals surface area contributed by atoms with Gasteiger partial charge in [0.15, 0.2) is 6.61 Å². The largest absolute Gasteiger partial charge is 0.484 e. The van der Waals surface area contributed by atoms with Crippen LogP contribution in [0.25, 0.3) is 21.8 Å². The van der Waals surface area contributed by atoms with E-state index in [1.807, 2.05) is 43.6 Å². The lowest BCUT2D eigenvalue weighted by atomic mass is 10.1. The minimum Gasteiger partial charge on any atom is -0.484 e. The maximum Gasteiger partial charge on any atom is 0.328 e. The molecule has 1 N–H and O–H groups in total. The first-order chi connectivity index (χ1) is 16.0. The molecule has 0 saturated carbocycles. The van der Waals surface area contributed by atoms with Gasteiger partial charge in [0.25, 0.3) is 5.91 Å². The van der Waals surface area contributed by atoms with Gasteiger partial charge in [0.2, 0.25) is 0 Å². The second kappa shape index (κ2) is 11.9. The van der Waals surface area contributed by atoms with Crippen molar-refractivity contribution in [2.45, 2.75) is 52.6 Å². The Labute approximate surface area is 199 Å². The highest BCUT2D eigenvalue weighted by atomic mass is 32.2. The first-order valence-electron chi connectivity index (χ1n) is 11.4. The summed E-state index contributed by atoms with van der Waals surface area (Å²) >= 11 is 1.62. The van der Waals surface area contributed by atoms with E-state index in [9.17, 15) is 9.59 Å². The summed E-state index contributed by atoms with van der Waals surface area (Å²) in [6, 6.07) is 7.28. The molecule has 178 valence electrons. The molecule has 0 radical (unpaired) electrons. The smallest absolute Gasteiger partial charge is 0.328 e. The number of fused-ring (bicyclic) bond motifs is 3. The number of nitrogens with one attached hydrogen (secondary N) is 1. The average molecular weight is 472 g/mol. The lowest BCUT2D eigenvalue weighted by Crippen LogP contribution is -2.44. The summed E-state index contributed by atoms with van der Waals surface area (Å²) in [5.74, 6) is 0.602. The molecule has 7 nitrogen and oxygen atoms in total. The van der Waals surface area contributed by atoms with Crippen LogP contribution in [0, 0.1) is 6.92 Å². The van der Waals surface area contributed by atoms with E-state index >= 15 is 0 Å². The predicted octanol–water partition coefficient (Wildman–Crippen LogP) is 4.48. The summed E-state index contributed by atoms with van der Waals surface area (Å²) in [5, 5.41) is 5.06. The molecule has 0 unspecified atom stereocenters. The quantitative estimate of drug-likeness (QED) is 0.392. The van der Waals surface area contributed by atoms with Crippen LogP contribution in [0.1, 0.15) is 38.8 Å². The van der Waals surface area contributed by atoms with Crippen LogP contribution in [0.15, 0.2) is 30.5 Å². The Morgan fingerprint density at radius 2 is 2.03 bits per heavy atom. The number of thioether (sulfide) groups is 1. The van der Waals surface area contributed by atoms with Crippen LogP contribution >= 0.6 is 11.8 Å². The van der Waals surface area contributed by atoms with E-state index in [4.69, 9.17) is 9.47 Å². The number of aromatic nitrogens is 2. The average Bonchev–Trinajstić information content (AvgIpc) is 3.13. The topological polar surface area (TPSA) is 82.5 Å². The monoisotopic (exact) mass is 471 g/mol. The van der Waals surface area contributed by atoms with Crippen LogP contribution in [-0.4, -0.2) is 52.7 Å². The van der Waals surface area contributed by atoms with Crippen LogP contribution in [-0.2, 0) is 20.9 Å². The maximum absolute atomic E-state index is 12.5. The Kier molecular flexibility index (Phi) is 9.00. The highest BCUT2D eigenvalue weighted by Gasteiger charge is 2.22. The molecule has 3 aromatic rings. The Morgan fingerprint density at radius 3 is 2.76 bits per heavy atom. The number of hydrogen-bond acceptors (Lipinski definition) is 6. The first-order valence-corrected chi connectivity index (χ1v) is 12.8. The number of carbonyl (C=O) groups is 2. The third-order valence-electron chi connectivity index (χ3n) is 5.55. The standard InChI is InChI=1S/C25H33N3O4S/c1-5-7-13-28-22-15-18(8-9-19(22)20-10-12-26-17(3)24(20)28)32-16-23(29)27-21(11-14-33-4)25(30)31-6-2/h8-10,12,15,21H,5-7,11,13-14,16H2,1-4H3,(H,27,29)/t21-/m0/s1. The normalized spacial score (nSPS) is 12.1. The second-order valence-electron chi connectivity index (χ2n) is 7.92. The number of aryl methyl sites for hydroxylation is 2. The van der Waals surface area contributed by atoms with E-state index in [-0.39, 0.29) is 19.1 Å². The number of nitrogens with zero attached hydrogens (tertiary/aromatic N) is 2. The molecule has 0 saturated heterocycles. The molecule has 0 bridgehead atoms. The number of pyridine rings is 1. The second-order valence-corrected chi connectivity index (χ2v) is 8.90. The summed E-state index contributed by atoms with van der Waals surface area (Å²) in [7, 11) is 0. The van der Waals surface area contributed by atoms with Crippen molar-refractivity contribution >= 4 is 45.4 Å². The summed E-state index contributed by atoms with van der Waals surface area (Å²) in [6.07, 6.45) is 6.47. The van der Waals surface area contributed by atoms with Crippen molar-refractivity contribution in [1.82, 2.24) is 14.9 Å². The minimum absolute atomic E-state index is 0.170. The number of carbonyl (C=O) groups excluding carboxylic acids is 2. The van der Waals surface area contributed by atoms with E-state index in [1.165, 1.54) is 5.39 Å². The number of ether oxygens (including phenoxy) is 2. The fourth-order valence-corrected chi connectivity index (χ4v) is 4.42. The number of rotatable bonds is 12. The van der Waals surface area contributed by atoms with Gasteiger partial charge in [-0.15, -0.1) is 0 Å². The molecule has 0 fully saturated rings. The Hall–Kier alpha value is -2.74. The Morgan fingerprint density at radius 1 is 1.21 bits per heavy atom. The molecule has 0 spiro atoms. The number of benzene rings is 1. The highest BCUT2D eigenvalue weighted by Crippen LogP contribution is 2.33. The van der Waals surface area contributed by atoms with Gasteiger partial charge >= 0.3 is 5.97 Å². The molecule has 0 aliphatic rings. The van der Waals surface area contributed by atoms with Crippen LogP contribution in [0.3, 0.4) is 0 Å². The van der Waals surface area contributed by atoms with Crippen LogP contribution in [0.2, 0.25) is 0 Å². The molecule has 3 rings (SSSR count). The number of amides is 1. The van der Waals surface area contributed by atoms with Crippen LogP contribution in [0.4, 0.5) is 0 Å². The number of hydrogen-bond donors (Lipinski definition) is 1. The molecule has 2 aromatic heterocycles. The van der Waals surface area contributed by atoms with Gasteiger partial charge < -0.3 is 19.4 Å². The highest BCUT2D eigenvalue weighted by molar-refractivity contribution is 7.98. The zero-order valence-corrected chi connectivity index (χ0v) is 20.7.